The molecule has 6 nitrogen and oxygen atoms in total. The van der Waals surface area contributed by atoms with E-state index in [-0.39, 0.29) is 30.0 Å². The third kappa shape index (κ3) is 6.83. The zero-order chi connectivity index (χ0) is 19.4. The number of aryl methyl sites for hydroxylation is 1. The van der Waals surface area contributed by atoms with E-state index < -0.39 is 11.7 Å². The summed E-state index contributed by atoms with van der Waals surface area (Å²) in [6, 6.07) is 6.28. The Morgan fingerprint density at radius 3 is 2.68 bits per heavy atom. The van der Waals surface area contributed by atoms with Gasteiger partial charge in [0.15, 0.2) is 5.96 Å². The minimum Gasteiger partial charge on any atom is -0.444 e. The quantitative estimate of drug-likeness (QED) is 0.321. The summed E-state index contributed by atoms with van der Waals surface area (Å²) in [5.74, 6) is 0.851. The molecule has 3 rings (SSSR count). The van der Waals surface area contributed by atoms with Crippen molar-refractivity contribution in [3.8, 4) is 0 Å². The van der Waals surface area contributed by atoms with Gasteiger partial charge in [0.2, 0.25) is 0 Å². The van der Waals surface area contributed by atoms with Crippen molar-refractivity contribution in [3.05, 3.63) is 29.3 Å². The Hall–Kier alpha value is -1.51. The summed E-state index contributed by atoms with van der Waals surface area (Å²) in [6.07, 6.45) is 6.50. The minimum absolute atomic E-state index is 0. The molecule has 0 aliphatic heterocycles. The van der Waals surface area contributed by atoms with Crippen molar-refractivity contribution in [1.29, 1.82) is 0 Å². The number of amides is 1. The maximum Gasteiger partial charge on any atom is 0.407 e. The normalized spacial score (nSPS) is 17.8. The van der Waals surface area contributed by atoms with E-state index in [0.29, 0.717) is 18.4 Å². The fourth-order valence-corrected chi connectivity index (χ4v) is 3.54. The molecule has 1 fully saturated rings. The molecule has 0 spiro atoms. The van der Waals surface area contributed by atoms with Gasteiger partial charge in [-0.3, -0.25) is 4.99 Å². The van der Waals surface area contributed by atoms with Crippen LogP contribution in [0.1, 0.15) is 57.6 Å². The number of nitrogens with zero attached hydrogens (tertiary/aromatic N) is 1. The fraction of sp³-hybridized carbons (Fsp3) is 0.619. The van der Waals surface area contributed by atoms with Crippen LogP contribution in [0, 0.1) is 5.92 Å². The van der Waals surface area contributed by atoms with Crippen LogP contribution in [0.4, 0.5) is 10.5 Å². The van der Waals surface area contributed by atoms with E-state index in [1.165, 1.54) is 24.0 Å². The Bertz CT molecular complexity index is 711. The number of fused-ring (bicyclic) bond motifs is 1. The molecular formula is C21H33IN4O2. The van der Waals surface area contributed by atoms with Gasteiger partial charge in [-0.1, -0.05) is 12.1 Å². The SMILES string of the molecule is CC(C)(C)OC(=O)NC(CN=C(N)Nc1cccc2c1CCCC2)C1CC1.I. The lowest BCUT2D eigenvalue weighted by molar-refractivity contribution is 0.0500. The van der Waals surface area contributed by atoms with Gasteiger partial charge >= 0.3 is 6.09 Å². The van der Waals surface area contributed by atoms with Gasteiger partial charge in [-0.25, -0.2) is 4.79 Å². The van der Waals surface area contributed by atoms with E-state index in [4.69, 9.17) is 10.5 Å². The first-order valence-corrected chi connectivity index (χ1v) is 9.99. The highest BCUT2D eigenvalue weighted by Crippen LogP contribution is 2.33. The van der Waals surface area contributed by atoms with Crippen molar-refractivity contribution < 1.29 is 9.53 Å². The summed E-state index contributed by atoms with van der Waals surface area (Å²) in [5.41, 5.74) is 9.44. The number of nitrogens with one attached hydrogen (secondary N) is 2. The fourth-order valence-electron chi connectivity index (χ4n) is 3.54. The molecule has 7 heteroatoms. The van der Waals surface area contributed by atoms with Crippen molar-refractivity contribution in [3.63, 3.8) is 0 Å². The third-order valence-electron chi connectivity index (χ3n) is 5.01. The number of carbonyl (C=O) groups is 1. The van der Waals surface area contributed by atoms with Crippen molar-refractivity contribution in [1.82, 2.24) is 5.32 Å². The average Bonchev–Trinajstić information content (AvgIpc) is 3.42. The number of hydrogen-bond acceptors (Lipinski definition) is 3. The summed E-state index contributed by atoms with van der Waals surface area (Å²) >= 11 is 0. The molecule has 1 saturated carbocycles. The van der Waals surface area contributed by atoms with Gasteiger partial charge < -0.3 is 21.1 Å². The maximum absolute atomic E-state index is 12.1. The van der Waals surface area contributed by atoms with E-state index in [1.54, 1.807) is 0 Å². The largest absolute Gasteiger partial charge is 0.444 e. The number of alkyl carbamates (subject to hydrolysis) is 1. The van der Waals surface area contributed by atoms with Crippen LogP contribution in [-0.4, -0.2) is 30.2 Å². The molecule has 1 aromatic carbocycles. The van der Waals surface area contributed by atoms with Crippen molar-refractivity contribution in [2.45, 2.75) is 70.9 Å². The molecule has 1 atom stereocenters. The molecule has 1 aromatic rings. The van der Waals surface area contributed by atoms with E-state index >= 15 is 0 Å². The molecular weight excluding hydrogens is 467 g/mol. The molecule has 0 saturated heterocycles. The second-order valence-electron chi connectivity index (χ2n) is 8.59. The molecule has 156 valence electrons. The first-order chi connectivity index (χ1) is 12.8. The van der Waals surface area contributed by atoms with Crippen molar-refractivity contribution in [2.75, 3.05) is 11.9 Å². The topological polar surface area (TPSA) is 88.7 Å². The van der Waals surface area contributed by atoms with Crippen LogP contribution < -0.4 is 16.4 Å². The Morgan fingerprint density at radius 1 is 1.29 bits per heavy atom. The molecule has 0 heterocycles. The third-order valence-corrected chi connectivity index (χ3v) is 5.01. The molecule has 2 aliphatic carbocycles. The zero-order valence-electron chi connectivity index (χ0n) is 17.1. The van der Waals surface area contributed by atoms with Gasteiger partial charge in [0.05, 0.1) is 12.6 Å². The van der Waals surface area contributed by atoms with Crippen LogP contribution in [0.3, 0.4) is 0 Å². The van der Waals surface area contributed by atoms with Gasteiger partial charge in [-0.15, -0.1) is 24.0 Å². The molecule has 0 aromatic heterocycles. The number of hydrogen-bond donors (Lipinski definition) is 3. The number of guanidine groups is 1. The van der Waals surface area contributed by atoms with E-state index in [1.807, 2.05) is 20.8 Å². The lowest BCUT2D eigenvalue weighted by atomic mass is 9.90. The number of rotatable bonds is 5. The molecule has 2 aliphatic rings. The predicted molar refractivity (Wildman–Crippen MR) is 124 cm³/mol. The smallest absolute Gasteiger partial charge is 0.407 e. The van der Waals surface area contributed by atoms with Crippen molar-refractivity contribution in [2.24, 2.45) is 16.6 Å². The van der Waals surface area contributed by atoms with Crippen molar-refractivity contribution >= 4 is 41.7 Å². The standard InChI is InChI=1S/C21H32N4O2.HI/c1-21(2,3)27-20(26)25-18(15-11-12-15)13-23-19(22)24-17-10-6-8-14-7-4-5-9-16(14)17;/h6,8,10,15,18H,4-5,7,9,11-13H2,1-3H3,(H,25,26)(H3,22,23,24);1H. The molecule has 28 heavy (non-hydrogen) atoms. The number of nitrogens with two attached hydrogens (primary N) is 1. The monoisotopic (exact) mass is 500 g/mol. The Morgan fingerprint density at radius 2 is 2.00 bits per heavy atom. The van der Waals surface area contributed by atoms with Gasteiger partial charge in [-0.05, 0) is 82.4 Å². The highest BCUT2D eigenvalue weighted by Gasteiger charge is 2.33. The van der Waals surface area contributed by atoms with Gasteiger partial charge in [0.1, 0.15) is 5.60 Å². The van der Waals surface area contributed by atoms with Crippen LogP contribution in [0.25, 0.3) is 0 Å². The number of carbonyl (C=O) groups excluding carboxylic acids is 1. The van der Waals surface area contributed by atoms with Gasteiger partial charge in [-0.2, -0.15) is 0 Å². The molecule has 1 amide bonds. The highest BCUT2D eigenvalue weighted by molar-refractivity contribution is 14.0. The molecule has 0 radical (unpaired) electrons. The predicted octanol–water partition coefficient (Wildman–Crippen LogP) is 4.21. The molecule has 4 N–H and O–H groups in total. The van der Waals surface area contributed by atoms with Crippen LogP contribution in [0.2, 0.25) is 0 Å². The Balaban J connectivity index is 0.00000280. The Kier molecular flexibility index (Phi) is 7.97. The second-order valence-corrected chi connectivity index (χ2v) is 8.59. The summed E-state index contributed by atoms with van der Waals surface area (Å²) in [5, 5.41) is 6.21. The lowest BCUT2D eigenvalue weighted by Crippen LogP contribution is -2.42. The minimum atomic E-state index is -0.506. The number of anilines is 1. The summed E-state index contributed by atoms with van der Waals surface area (Å²) in [7, 11) is 0. The number of ether oxygens (including phenoxy) is 1. The zero-order valence-corrected chi connectivity index (χ0v) is 19.4. The van der Waals surface area contributed by atoms with E-state index in [0.717, 1.165) is 31.4 Å². The first kappa shape index (κ1) is 22.8. The lowest BCUT2D eigenvalue weighted by Gasteiger charge is -2.23. The van der Waals surface area contributed by atoms with E-state index in [2.05, 4.69) is 33.8 Å². The van der Waals surface area contributed by atoms with Crippen LogP contribution in [0.5, 0.6) is 0 Å². The maximum atomic E-state index is 12.1. The first-order valence-electron chi connectivity index (χ1n) is 9.99. The van der Waals surface area contributed by atoms with E-state index in [9.17, 15) is 4.79 Å². The second kappa shape index (κ2) is 9.80. The average molecular weight is 500 g/mol. The van der Waals surface area contributed by atoms with Crippen LogP contribution in [-0.2, 0) is 17.6 Å². The summed E-state index contributed by atoms with van der Waals surface area (Å²) in [4.78, 5) is 16.6. The highest BCUT2D eigenvalue weighted by atomic mass is 127. The summed E-state index contributed by atoms with van der Waals surface area (Å²) in [6.45, 7) is 6.04. The number of halogens is 1. The number of benzene rings is 1. The number of aliphatic imine (C=N–C) groups is 1. The summed E-state index contributed by atoms with van der Waals surface area (Å²) < 4.78 is 5.37. The van der Waals surface area contributed by atoms with Gasteiger partial charge in [0, 0.05) is 5.69 Å². The molecule has 0 bridgehead atoms. The molecule has 1 unspecified atom stereocenters. The Labute approximate surface area is 185 Å². The van der Waals surface area contributed by atoms with Crippen LogP contribution in [0.15, 0.2) is 23.2 Å². The van der Waals surface area contributed by atoms with Gasteiger partial charge in [0.25, 0.3) is 0 Å². The van der Waals surface area contributed by atoms with Crippen LogP contribution >= 0.6 is 24.0 Å².